The average Bonchev–Trinajstić information content (AvgIpc) is 2.37. The van der Waals surface area contributed by atoms with Crippen molar-refractivity contribution in [3.8, 4) is 11.5 Å². The van der Waals surface area contributed by atoms with Gasteiger partial charge in [0.1, 0.15) is 0 Å². The monoisotopic (exact) mass is 265 g/mol. The summed E-state index contributed by atoms with van der Waals surface area (Å²) < 4.78 is 15.6. The van der Waals surface area contributed by atoms with E-state index in [0.29, 0.717) is 36.8 Å². The van der Waals surface area contributed by atoms with Crippen LogP contribution < -0.4 is 15.2 Å². The largest absolute Gasteiger partial charge is 0.493 e. The predicted octanol–water partition coefficient (Wildman–Crippen LogP) is 1.17. The molecule has 1 aromatic carbocycles. The van der Waals surface area contributed by atoms with Crippen molar-refractivity contribution in [3.05, 3.63) is 23.3 Å². The van der Waals surface area contributed by atoms with Crippen molar-refractivity contribution in [2.24, 2.45) is 11.1 Å². The Balaban J connectivity index is 2.42. The number of ketones is 1. The Labute approximate surface area is 112 Å². The normalized spacial score (nSPS) is 16.6. The van der Waals surface area contributed by atoms with Crippen LogP contribution in [-0.4, -0.2) is 39.8 Å². The fraction of sp³-hybridized carbons (Fsp3) is 0.500. The molecule has 2 N–H and O–H groups in total. The zero-order chi connectivity index (χ0) is 14.0. The van der Waals surface area contributed by atoms with Gasteiger partial charge < -0.3 is 19.9 Å². The molecule has 5 heteroatoms. The molecule has 19 heavy (non-hydrogen) atoms. The molecule has 0 atom stereocenters. The summed E-state index contributed by atoms with van der Waals surface area (Å²) in [5.74, 6) is 1.17. The summed E-state index contributed by atoms with van der Waals surface area (Å²) in [5.41, 5.74) is 6.61. The number of aryl methyl sites for hydroxylation is 1. The van der Waals surface area contributed by atoms with Crippen LogP contribution in [0.5, 0.6) is 11.5 Å². The van der Waals surface area contributed by atoms with Crippen LogP contribution in [0.4, 0.5) is 0 Å². The number of benzene rings is 1. The van der Waals surface area contributed by atoms with Crippen molar-refractivity contribution >= 4 is 5.78 Å². The van der Waals surface area contributed by atoms with E-state index in [-0.39, 0.29) is 5.78 Å². The highest BCUT2D eigenvalue weighted by molar-refractivity contribution is 6.03. The number of ether oxygens (including phenoxy) is 3. The molecule has 0 bridgehead atoms. The van der Waals surface area contributed by atoms with Crippen molar-refractivity contribution in [1.29, 1.82) is 0 Å². The van der Waals surface area contributed by atoms with Crippen LogP contribution in [0, 0.1) is 12.3 Å². The van der Waals surface area contributed by atoms with Gasteiger partial charge in [0.25, 0.3) is 0 Å². The Bertz CT molecular complexity index is 489. The first kappa shape index (κ1) is 13.8. The zero-order valence-corrected chi connectivity index (χ0v) is 11.5. The quantitative estimate of drug-likeness (QED) is 0.809. The van der Waals surface area contributed by atoms with E-state index in [4.69, 9.17) is 19.9 Å². The van der Waals surface area contributed by atoms with Gasteiger partial charge in [0, 0.05) is 12.1 Å². The Morgan fingerprint density at radius 1 is 1.32 bits per heavy atom. The molecule has 1 fully saturated rings. The second-order valence-corrected chi connectivity index (χ2v) is 4.83. The molecular weight excluding hydrogens is 246 g/mol. The van der Waals surface area contributed by atoms with Gasteiger partial charge in [0.15, 0.2) is 17.3 Å². The zero-order valence-electron chi connectivity index (χ0n) is 11.5. The molecule has 0 aromatic heterocycles. The van der Waals surface area contributed by atoms with Crippen LogP contribution in [0.3, 0.4) is 0 Å². The lowest BCUT2D eigenvalue weighted by atomic mass is 9.77. The third-order valence-electron chi connectivity index (χ3n) is 3.60. The maximum absolute atomic E-state index is 12.6. The average molecular weight is 265 g/mol. The first-order chi connectivity index (χ1) is 9.07. The summed E-state index contributed by atoms with van der Waals surface area (Å²) in [4.78, 5) is 12.6. The van der Waals surface area contributed by atoms with Crippen molar-refractivity contribution in [2.45, 2.75) is 6.92 Å². The van der Waals surface area contributed by atoms with Crippen LogP contribution >= 0.6 is 0 Å². The lowest BCUT2D eigenvalue weighted by Gasteiger charge is -2.39. The summed E-state index contributed by atoms with van der Waals surface area (Å²) in [6.45, 7) is 2.94. The topological polar surface area (TPSA) is 70.8 Å². The molecule has 0 radical (unpaired) electrons. The number of Topliss-reactive ketones (excluding diaryl/α,β-unsaturated/α-hetero) is 1. The minimum absolute atomic E-state index is 0.0136. The fourth-order valence-electron chi connectivity index (χ4n) is 2.20. The van der Waals surface area contributed by atoms with E-state index in [9.17, 15) is 4.79 Å². The molecule has 1 aliphatic rings. The summed E-state index contributed by atoms with van der Waals surface area (Å²) >= 11 is 0. The second-order valence-electron chi connectivity index (χ2n) is 4.83. The molecule has 1 saturated heterocycles. The maximum atomic E-state index is 12.6. The van der Waals surface area contributed by atoms with Gasteiger partial charge in [-0.15, -0.1) is 0 Å². The molecule has 0 unspecified atom stereocenters. The van der Waals surface area contributed by atoms with Gasteiger partial charge in [-0.25, -0.2) is 0 Å². The molecule has 104 valence electrons. The minimum atomic E-state index is -0.579. The van der Waals surface area contributed by atoms with Crippen LogP contribution in [0.15, 0.2) is 12.1 Å². The summed E-state index contributed by atoms with van der Waals surface area (Å²) in [6, 6.07) is 3.52. The standard InChI is InChI=1S/C14H19NO4/c1-9-4-11(17-2)12(18-3)5-10(9)13(16)14(6-15)7-19-8-14/h4-5H,6-8,15H2,1-3H3. The minimum Gasteiger partial charge on any atom is -0.493 e. The molecule has 2 rings (SSSR count). The number of carbonyl (C=O) groups is 1. The molecule has 0 aliphatic carbocycles. The molecular formula is C14H19NO4. The van der Waals surface area contributed by atoms with Gasteiger partial charge in [-0.05, 0) is 24.6 Å². The summed E-state index contributed by atoms with van der Waals surface area (Å²) in [5, 5.41) is 0. The third kappa shape index (κ3) is 2.19. The molecule has 1 aromatic rings. The molecule has 1 aliphatic heterocycles. The Kier molecular flexibility index (Phi) is 3.78. The van der Waals surface area contributed by atoms with Gasteiger partial charge in [0.05, 0.1) is 32.8 Å². The maximum Gasteiger partial charge on any atom is 0.175 e. The van der Waals surface area contributed by atoms with Gasteiger partial charge >= 0.3 is 0 Å². The highest BCUT2D eigenvalue weighted by Crippen LogP contribution is 2.36. The van der Waals surface area contributed by atoms with E-state index in [2.05, 4.69) is 0 Å². The summed E-state index contributed by atoms with van der Waals surface area (Å²) in [6.07, 6.45) is 0. The van der Waals surface area contributed by atoms with Crippen LogP contribution in [0.25, 0.3) is 0 Å². The highest BCUT2D eigenvalue weighted by atomic mass is 16.5. The number of hydrogen-bond donors (Lipinski definition) is 1. The van der Waals surface area contributed by atoms with E-state index in [1.165, 1.54) is 0 Å². The first-order valence-electron chi connectivity index (χ1n) is 6.13. The van der Waals surface area contributed by atoms with Crippen LogP contribution in [0.2, 0.25) is 0 Å². The lowest BCUT2D eigenvalue weighted by molar-refractivity contribution is -0.0816. The van der Waals surface area contributed by atoms with Crippen molar-refractivity contribution < 1.29 is 19.0 Å². The Hall–Kier alpha value is -1.59. The van der Waals surface area contributed by atoms with E-state index < -0.39 is 5.41 Å². The van der Waals surface area contributed by atoms with Crippen molar-refractivity contribution in [3.63, 3.8) is 0 Å². The van der Waals surface area contributed by atoms with E-state index >= 15 is 0 Å². The predicted molar refractivity (Wildman–Crippen MR) is 70.9 cm³/mol. The second kappa shape index (κ2) is 5.19. The lowest BCUT2D eigenvalue weighted by Crippen LogP contribution is -2.54. The summed E-state index contributed by atoms with van der Waals surface area (Å²) in [7, 11) is 3.12. The number of methoxy groups -OCH3 is 2. The molecule has 0 saturated carbocycles. The molecule has 5 nitrogen and oxygen atoms in total. The van der Waals surface area contributed by atoms with E-state index in [1.807, 2.05) is 6.92 Å². The Morgan fingerprint density at radius 2 is 1.89 bits per heavy atom. The van der Waals surface area contributed by atoms with Crippen LogP contribution in [-0.2, 0) is 4.74 Å². The van der Waals surface area contributed by atoms with Gasteiger partial charge in [0.2, 0.25) is 0 Å². The number of nitrogens with two attached hydrogens (primary N) is 1. The number of carbonyl (C=O) groups excluding carboxylic acids is 1. The third-order valence-corrected chi connectivity index (χ3v) is 3.60. The van der Waals surface area contributed by atoms with Crippen molar-refractivity contribution in [2.75, 3.05) is 34.0 Å². The van der Waals surface area contributed by atoms with Crippen molar-refractivity contribution in [1.82, 2.24) is 0 Å². The highest BCUT2D eigenvalue weighted by Gasteiger charge is 2.45. The van der Waals surface area contributed by atoms with E-state index in [1.54, 1.807) is 26.4 Å². The first-order valence-corrected chi connectivity index (χ1v) is 6.13. The molecule has 0 spiro atoms. The van der Waals surface area contributed by atoms with Gasteiger partial charge in [-0.2, -0.15) is 0 Å². The number of hydrogen-bond acceptors (Lipinski definition) is 5. The smallest absolute Gasteiger partial charge is 0.175 e. The Morgan fingerprint density at radius 3 is 2.32 bits per heavy atom. The molecule has 1 heterocycles. The fourth-order valence-corrected chi connectivity index (χ4v) is 2.20. The SMILES string of the molecule is COc1cc(C)c(C(=O)C2(CN)COC2)cc1OC. The number of rotatable bonds is 5. The molecule has 0 amide bonds. The van der Waals surface area contributed by atoms with Crippen LogP contribution in [0.1, 0.15) is 15.9 Å². The van der Waals surface area contributed by atoms with Gasteiger partial charge in [-0.1, -0.05) is 0 Å². The van der Waals surface area contributed by atoms with E-state index in [0.717, 1.165) is 5.56 Å². The van der Waals surface area contributed by atoms with Gasteiger partial charge in [-0.3, -0.25) is 4.79 Å².